The summed E-state index contributed by atoms with van der Waals surface area (Å²) in [6.07, 6.45) is 2.75. The van der Waals surface area contributed by atoms with Crippen LogP contribution in [0.2, 0.25) is 0 Å². The maximum absolute atomic E-state index is 13.0. The number of para-hydroxylation sites is 1. The van der Waals surface area contributed by atoms with Gasteiger partial charge in [-0.25, -0.2) is 0 Å². The van der Waals surface area contributed by atoms with Gasteiger partial charge in [-0.1, -0.05) is 25.1 Å². The highest BCUT2D eigenvalue weighted by Gasteiger charge is 2.29. The quantitative estimate of drug-likeness (QED) is 0.758. The van der Waals surface area contributed by atoms with Crippen molar-refractivity contribution >= 4 is 23.2 Å². The van der Waals surface area contributed by atoms with Crippen molar-refractivity contribution in [3.63, 3.8) is 0 Å². The molecule has 1 atom stereocenters. The summed E-state index contributed by atoms with van der Waals surface area (Å²) in [5.41, 5.74) is 2.62. The Morgan fingerprint density at radius 3 is 2.45 bits per heavy atom. The molecular weight excluding hydrogens is 362 g/mol. The van der Waals surface area contributed by atoms with E-state index < -0.39 is 0 Å². The molecule has 3 rings (SSSR count). The van der Waals surface area contributed by atoms with Gasteiger partial charge in [0.25, 0.3) is 5.91 Å². The molecule has 2 amide bonds. The molecule has 1 aliphatic rings. The summed E-state index contributed by atoms with van der Waals surface area (Å²) in [7, 11) is 0. The van der Waals surface area contributed by atoms with Crippen LogP contribution in [0.1, 0.15) is 43.5 Å². The Bertz CT molecular complexity index is 805. The van der Waals surface area contributed by atoms with Gasteiger partial charge in [0.15, 0.2) is 0 Å². The van der Waals surface area contributed by atoms with E-state index in [-0.39, 0.29) is 17.7 Å². The van der Waals surface area contributed by atoms with E-state index in [0.717, 1.165) is 43.7 Å². The summed E-state index contributed by atoms with van der Waals surface area (Å²) < 4.78 is 0. The van der Waals surface area contributed by atoms with Gasteiger partial charge in [-0.15, -0.1) is 0 Å². The molecule has 0 spiro atoms. The third kappa shape index (κ3) is 5.37. The van der Waals surface area contributed by atoms with E-state index in [1.54, 1.807) is 0 Å². The van der Waals surface area contributed by atoms with Crippen molar-refractivity contribution in [3.05, 3.63) is 60.2 Å². The number of amides is 2. The first-order chi connectivity index (χ1) is 14.1. The molecule has 1 aliphatic heterocycles. The second kappa shape index (κ2) is 10.1. The monoisotopic (exact) mass is 393 g/mol. The third-order valence-electron chi connectivity index (χ3n) is 5.48. The van der Waals surface area contributed by atoms with E-state index in [9.17, 15) is 9.59 Å². The molecule has 0 saturated carbocycles. The standard InChI is InChI=1S/C24H31N3O2/c1-3-16-26(4-2)22-14-12-19(13-15-22)24(29)27-17-8-9-20(18-27)23(28)25-21-10-6-5-7-11-21/h5-7,10-15,20H,3-4,8-9,16-18H2,1-2H3,(H,25,28). The number of piperidine rings is 1. The lowest BCUT2D eigenvalue weighted by molar-refractivity contribution is -0.121. The van der Waals surface area contributed by atoms with Gasteiger partial charge in [-0.3, -0.25) is 9.59 Å². The van der Waals surface area contributed by atoms with Gasteiger partial charge in [0, 0.05) is 43.1 Å². The molecule has 154 valence electrons. The van der Waals surface area contributed by atoms with Crippen LogP contribution in [0.3, 0.4) is 0 Å². The summed E-state index contributed by atoms with van der Waals surface area (Å²) in [4.78, 5) is 29.7. The lowest BCUT2D eigenvalue weighted by atomic mass is 9.96. The topological polar surface area (TPSA) is 52.7 Å². The molecule has 2 aromatic carbocycles. The first kappa shape index (κ1) is 20.9. The zero-order chi connectivity index (χ0) is 20.6. The number of hydrogen-bond donors (Lipinski definition) is 1. The lowest BCUT2D eigenvalue weighted by Crippen LogP contribution is -2.43. The number of anilines is 2. The predicted octanol–water partition coefficient (Wildman–Crippen LogP) is 4.41. The Morgan fingerprint density at radius 2 is 1.79 bits per heavy atom. The molecule has 1 unspecified atom stereocenters. The van der Waals surface area contributed by atoms with E-state index >= 15 is 0 Å². The minimum absolute atomic E-state index is 0.00676. The molecule has 0 bridgehead atoms. The van der Waals surface area contributed by atoms with Gasteiger partial charge >= 0.3 is 0 Å². The second-order valence-corrected chi connectivity index (χ2v) is 7.57. The number of benzene rings is 2. The number of rotatable bonds is 7. The zero-order valence-electron chi connectivity index (χ0n) is 17.4. The normalized spacial score (nSPS) is 16.3. The maximum atomic E-state index is 13.0. The summed E-state index contributed by atoms with van der Waals surface area (Å²) in [5.74, 6) is -0.179. The molecule has 29 heavy (non-hydrogen) atoms. The highest BCUT2D eigenvalue weighted by Crippen LogP contribution is 2.22. The first-order valence-electron chi connectivity index (χ1n) is 10.6. The van der Waals surface area contributed by atoms with Gasteiger partial charge in [0.1, 0.15) is 0 Å². The molecule has 0 aromatic heterocycles. The van der Waals surface area contributed by atoms with Crippen LogP contribution in [0.15, 0.2) is 54.6 Å². The van der Waals surface area contributed by atoms with Crippen molar-refractivity contribution in [2.45, 2.75) is 33.1 Å². The fourth-order valence-electron chi connectivity index (χ4n) is 3.88. The molecule has 1 heterocycles. The smallest absolute Gasteiger partial charge is 0.253 e. The average molecular weight is 394 g/mol. The van der Waals surface area contributed by atoms with E-state index in [1.165, 1.54) is 0 Å². The van der Waals surface area contributed by atoms with Crippen molar-refractivity contribution in [1.29, 1.82) is 0 Å². The van der Waals surface area contributed by atoms with Crippen LogP contribution in [-0.4, -0.2) is 42.9 Å². The second-order valence-electron chi connectivity index (χ2n) is 7.57. The number of carbonyl (C=O) groups is 2. The van der Waals surface area contributed by atoms with Crippen LogP contribution < -0.4 is 10.2 Å². The third-order valence-corrected chi connectivity index (χ3v) is 5.48. The SMILES string of the molecule is CCCN(CC)c1ccc(C(=O)N2CCCC(C(=O)Nc3ccccc3)C2)cc1. The fraction of sp³-hybridized carbons (Fsp3) is 0.417. The minimum atomic E-state index is -0.174. The van der Waals surface area contributed by atoms with Crippen molar-refractivity contribution in [1.82, 2.24) is 4.90 Å². The Labute approximate surface area is 173 Å². The van der Waals surface area contributed by atoms with E-state index in [0.29, 0.717) is 18.7 Å². The minimum Gasteiger partial charge on any atom is -0.372 e. The fourth-order valence-corrected chi connectivity index (χ4v) is 3.88. The molecule has 1 fully saturated rings. The number of hydrogen-bond acceptors (Lipinski definition) is 3. The summed E-state index contributed by atoms with van der Waals surface area (Å²) in [5, 5.41) is 2.97. The number of nitrogens with one attached hydrogen (secondary N) is 1. The predicted molar refractivity (Wildman–Crippen MR) is 118 cm³/mol. The maximum Gasteiger partial charge on any atom is 0.253 e. The van der Waals surface area contributed by atoms with Crippen molar-refractivity contribution in [3.8, 4) is 0 Å². The van der Waals surface area contributed by atoms with E-state index in [4.69, 9.17) is 0 Å². The van der Waals surface area contributed by atoms with Crippen LogP contribution in [0.5, 0.6) is 0 Å². The average Bonchev–Trinajstić information content (AvgIpc) is 2.78. The molecule has 0 aliphatic carbocycles. The van der Waals surface area contributed by atoms with Crippen molar-refractivity contribution in [2.24, 2.45) is 5.92 Å². The highest BCUT2D eigenvalue weighted by molar-refractivity contribution is 5.96. The van der Waals surface area contributed by atoms with E-state index in [2.05, 4.69) is 24.1 Å². The molecular formula is C24H31N3O2. The van der Waals surface area contributed by atoms with Crippen LogP contribution in [0.25, 0.3) is 0 Å². The van der Waals surface area contributed by atoms with Crippen molar-refractivity contribution in [2.75, 3.05) is 36.4 Å². The Hall–Kier alpha value is -2.82. The Balaban J connectivity index is 1.62. The number of likely N-dealkylation sites (tertiary alicyclic amines) is 1. The zero-order valence-corrected chi connectivity index (χ0v) is 17.4. The van der Waals surface area contributed by atoms with Crippen LogP contribution in [0, 0.1) is 5.92 Å². The number of carbonyl (C=O) groups excluding carboxylic acids is 2. The highest BCUT2D eigenvalue weighted by atomic mass is 16.2. The molecule has 2 aromatic rings. The van der Waals surface area contributed by atoms with Gasteiger partial charge < -0.3 is 15.1 Å². The largest absolute Gasteiger partial charge is 0.372 e. The molecule has 5 heteroatoms. The van der Waals surface area contributed by atoms with Gasteiger partial charge in [0.05, 0.1) is 5.92 Å². The molecule has 1 saturated heterocycles. The van der Waals surface area contributed by atoms with Crippen molar-refractivity contribution < 1.29 is 9.59 Å². The van der Waals surface area contributed by atoms with Gasteiger partial charge in [-0.05, 0) is 62.6 Å². The van der Waals surface area contributed by atoms with Gasteiger partial charge in [0.2, 0.25) is 5.91 Å². The number of nitrogens with zero attached hydrogens (tertiary/aromatic N) is 2. The Kier molecular flexibility index (Phi) is 7.28. The summed E-state index contributed by atoms with van der Waals surface area (Å²) >= 11 is 0. The van der Waals surface area contributed by atoms with Crippen LogP contribution in [0.4, 0.5) is 11.4 Å². The molecule has 0 radical (unpaired) electrons. The van der Waals surface area contributed by atoms with E-state index in [1.807, 2.05) is 59.5 Å². The summed E-state index contributed by atoms with van der Waals surface area (Å²) in [6, 6.07) is 17.3. The summed E-state index contributed by atoms with van der Waals surface area (Å²) in [6.45, 7) is 7.44. The lowest BCUT2D eigenvalue weighted by Gasteiger charge is -2.32. The van der Waals surface area contributed by atoms with Crippen LogP contribution >= 0.6 is 0 Å². The molecule has 1 N–H and O–H groups in total. The van der Waals surface area contributed by atoms with Crippen LogP contribution in [-0.2, 0) is 4.79 Å². The first-order valence-corrected chi connectivity index (χ1v) is 10.6. The van der Waals surface area contributed by atoms with Gasteiger partial charge in [-0.2, -0.15) is 0 Å². The molecule has 5 nitrogen and oxygen atoms in total. The Morgan fingerprint density at radius 1 is 1.07 bits per heavy atom.